The predicted molar refractivity (Wildman–Crippen MR) is 148 cm³/mol. The topological polar surface area (TPSA) is 55.1 Å². The molecular formula is C33H34N2O2. The minimum absolute atomic E-state index is 0.147. The fraction of sp³-hybridized carbons (Fsp3) is 0.333. The molecule has 2 aliphatic carbocycles. The summed E-state index contributed by atoms with van der Waals surface area (Å²) in [4.78, 5) is 15.8. The van der Waals surface area contributed by atoms with Crippen molar-refractivity contribution >= 4 is 5.97 Å². The normalized spacial score (nSPS) is 17.0. The Bertz CT molecular complexity index is 1510. The number of rotatable bonds is 4. The number of aryl methyl sites for hydroxylation is 1. The van der Waals surface area contributed by atoms with E-state index in [4.69, 9.17) is 0 Å². The van der Waals surface area contributed by atoms with Crippen LogP contribution < -0.4 is 0 Å². The molecule has 0 saturated carbocycles. The molecule has 0 saturated heterocycles. The molecule has 2 aromatic heterocycles. The van der Waals surface area contributed by atoms with Gasteiger partial charge in [0.1, 0.15) is 0 Å². The predicted octanol–water partition coefficient (Wildman–Crippen LogP) is 7.41. The zero-order valence-corrected chi connectivity index (χ0v) is 22.1. The van der Waals surface area contributed by atoms with Gasteiger partial charge in [-0.25, -0.2) is 4.79 Å². The Morgan fingerprint density at radius 3 is 2.30 bits per heavy atom. The van der Waals surface area contributed by atoms with Gasteiger partial charge in [0.25, 0.3) is 0 Å². The Hall–Kier alpha value is -3.66. The van der Waals surface area contributed by atoms with Crippen molar-refractivity contribution in [3.63, 3.8) is 0 Å². The summed E-state index contributed by atoms with van der Waals surface area (Å²) >= 11 is 0. The van der Waals surface area contributed by atoms with Gasteiger partial charge in [0.2, 0.25) is 0 Å². The molecule has 0 spiro atoms. The quantitative estimate of drug-likeness (QED) is 0.324. The van der Waals surface area contributed by atoms with Crippen molar-refractivity contribution < 1.29 is 9.90 Å². The molecule has 6 rings (SSSR count). The summed E-state index contributed by atoms with van der Waals surface area (Å²) in [7, 11) is 0. The van der Waals surface area contributed by atoms with Gasteiger partial charge in [-0.2, -0.15) is 0 Å². The molecule has 0 atom stereocenters. The number of carboxylic acid groups (broad SMARTS) is 1. The van der Waals surface area contributed by atoms with Crippen LogP contribution in [0.4, 0.5) is 0 Å². The fourth-order valence-electron chi connectivity index (χ4n) is 6.37. The first-order chi connectivity index (χ1) is 17.6. The standard InChI is InChI=1S/C33H34N2O2/c1-32(2)13-14-33(3,4)29-17-26-24(16-28(29)32)11-12-25-27(22-7-9-23(10-8-22)31(36)37)20-35(30(25)26)19-21-6-5-15-34-18-21/h5-10,15-18,20H,11-14,19H2,1-4H3,(H,36,37). The molecule has 2 heterocycles. The van der Waals surface area contributed by atoms with E-state index in [9.17, 15) is 9.90 Å². The monoisotopic (exact) mass is 490 g/mol. The lowest BCUT2D eigenvalue weighted by atomic mass is 9.62. The first-order valence-electron chi connectivity index (χ1n) is 13.3. The van der Waals surface area contributed by atoms with E-state index in [1.165, 1.54) is 57.5 Å². The van der Waals surface area contributed by atoms with Crippen molar-refractivity contribution in [2.24, 2.45) is 0 Å². The Labute approximate surface area is 219 Å². The number of aromatic carboxylic acids is 1. The highest BCUT2D eigenvalue weighted by Gasteiger charge is 2.38. The number of nitrogens with zero attached hydrogens (tertiary/aromatic N) is 2. The average Bonchev–Trinajstić information content (AvgIpc) is 3.25. The molecule has 4 aromatic rings. The lowest BCUT2D eigenvalue weighted by molar-refractivity contribution is 0.0697. The Morgan fingerprint density at radius 2 is 1.65 bits per heavy atom. The van der Waals surface area contributed by atoms with E-state index in [1.54, 1.807) is 12.1 Å². The Balaban J connectivity index is 1.56. The summed E-state index contributed by atoms with van der Waals surface area (Å²) in [5, 5.41) is 9.38. The van der Waals surface area contributed by atoms with Crippen LogP contribution in [0.1, 0.15) is 78.7 Å². The SMILES string of the molecule is CC1(C)CCC(C)(C)c2cc3c(cc21)CCc1c(-c2ccc(C(=O)O)cc2)cn(Cc2cccnc2)c1-3. The largest absolute Gasteiger partial charge is 0.478 e. The number of hydrogen-bond donors (Lipinski definition) is 1. The maximum Gasteiger partial charge on any atom is 0.335 e. The highest BCUT2D eigenvalue weighted by molar-refractivity contribution is 5.89. The second-order valence-corrected chi connectivity index (χ2v) is 12.1. The fourth-order valence-corrected chi connectivity index (χ4v) is 6.37. The number of fused-ring (bicyclic) bond motifs is 4. The van der Waals surface area contributed by atoms with E-state index in [0.29, 0.717) is 5.56 Å². The number of pyridine rings is 1. The lowest BCUT2D eigenvalue weighted by Crippen LogP contribution is -2.34. The van der Waals surface area contributed by atoms with Crippen LogP contribution in [-0.4, -0.2) is 20.6 Å². The number of hydrogen-bond acceptors (Lipinski definition) is 2. The molecule has 0 bridgehead atoms. The van der Waals surface area contributed by atoms with Gasteiger partial charge in [-0.3, -0.25) is 4.98 Å². The van der Waals surface area contributed by atoms with Crippen LogP contribution in [0.15, 0.2) is 67.1 Å². The van der Waals surface area contributed by atoms with E-state index in [2.05, 4.69) is 61.6 Å². The maximum absolute atomic E-state index is 11.4. The summed E-state index contributed by atoms with van der Waals surface area (Å²) in [6.45, 7) is 10.3. The number of carbonyl (C=O) groups is 1. The first-order valence-corrected chi connectivity index (χ1v) is 13.3. The van der Waals surface area contributed by atoms with Crippen LogP contribution in [0.25, 0.3) is 22.4 Å². The molecular weight excluding hydrogens is 456 g/mol. The minimum atomic E-state index is -0.896. The van der Waals surface area contributed by atoms with Gasteiger partial charge in [0.15, 0.2) is 0 Å². The number of carboxylic acids is 1. The van der Waals surface area contributed by atoms with Gasteiger partial charge in [-0.05, 0) is 94.2 Å². The molecule has 1 N–H and O–H groups in total. The molecule has 4 nitrogen and oxygen atoms in total. The number of aromatic nitrogens is 2. The van der Waals surface area contributed by atoms with Crippen molar-refractivity contribution in [2.75, 3.05) is 0 Å². The van der Waals surface area contributed by atoms with Crippen molar-refractivity contribution in [1.29, 1.82) is 0 Å². The van der Waals surface area contributed by atoms with Gasteiger partial charge in [-0.1, -0.05) is 52.0 Å². The third-order valence-corrected chi connectivity index (χ3v) is 8.68. The van der Waals surface area contributed by atoms with E-state index >= 15 is 0 Å². The van der Waals surface area contributed by atoms with Crippen LogP contribution in [0.3, 0.4) is 0 Å². The van der Waals surface area contributed by atoms with Crippen molar-refractivity contribution in [2.45, 2.75) is 70.8 Å². The van der Waals surface area contributed by atoms with Gasteiger partial charge < -0.3 is 9.67 Å². The van der Waals surface area contributed by atoms with Crippen LogP contribution in [-0.2, 0) is 30.2 Å². The smallest absolute Gasteiger partial charge is 0.335 e. The molecule has 2 aromatic carbocycles. The summed E-state index contributed by atoms with van der Waals surface area (Å²) < 4.78 is 2.39. The molecule has 0 fully saturated rings. The zero-order valence-electron chi connectivity index (χ0n) is 22.1. The van der Waals surface area contributed by atoms with Crippen LogP contribution >= 0.6 is 0 Å². The van der Waals surface area contributed by atoms with E-state index in [1.807, 2.05) is 30.6 Å². The Morgan fingerprint density at radius 1 is 0.946 bits per heavy atom. The average molecular weight is 491 g/mol. The summed E-state index contributed by atoms with van der Waals surface area (Å²) in [6.07, 6.45) is 10.4. The lowest BCUT2D eigenvalue weighted by Gasteiger charge is -2.43. The van der Waals surface area contributed by atoms with Gasteiger partial charge in [0.05, 0.1) is 11.3 Å². The van der Waals surface area contributed by atoms with Crippen molar-refractivity contribution in [3.8, 4) is 22.4 Å². The van der Waals surface area contributed by atoms with Gasteiger partial charge >= 0.3 is 5.97 Å². The Kier molecular flexibility index (Phi) is 5.41. The molecule has 2 aliphatic rings. The van der Waals surface area contributed by atoms with E-state index in [0.717, 1.165) is 24.9 Å². The third-order valence-electron chi connectivity index (χ3n) is 8.68. The highest BCUT2D eigenvalue weighted by Crippen LogP contribution is 2.50. The van der Waals surface area contributed by atoms with Gasteiger partial charge in [0, 0.05) is 36.3 Å². The second kappa shape index (κ2) is 8.44. The van der Waals surface area contributed by atoms with Crippen LogP contribution in [0.2, 0.25) is 0 Å². The maximum atomic E-state index is 11.4. The van der Waals surface area contributed by atoms with Crippen LogP contribution in [0, 0.1) is 0 Å². The molecule has 0 radical (unpaired) electrons. The molecule has 0 unspecified atom stereocenters. The highest BCUT2D eigenvalue weighted by atomic mass is 16.4. The second-order valence-electron chi connectivity index (χ2n) is 12.1. The van der Waals surface area contributed by atoms with E-state index in [-0.39, 0.29) is 10.8 Å². The van der Waals surface area contributed by atoms with E-state index < -0.39 is 5.97 Å². The van der Waals surface area contributed by atoms with Gasteiger partial charge in [-0.15, -0.1) is 0 Å². The number of benzene rings is 2. The minimum Gasteiger partial charge on any atom is -0.478 e. The summed E-state index contributed by atoms with van der Waals surface area (Å²) in [6, 6.07) is 16.4. The molecule has 0 amide bonds. The molecule has 188 valence electrons. The third kappa shape index (κ3) is 3.99. The summed E-state index contributed by atoms with van der Waals surface area (Å²) in [5.41, 5.74) is 12.5. The first kappa shape index (κ1) is 23.7. The van der Waals surface area contributed by atoms with Crippen LogP contribution in [0.5, 0.6) is 0 Å². The molecule has 37 heavy (non-hydrogen) atoms. The molecule has 4 heteroatoms. The zero-order chi connectivity index (χ0) is 25.9. The van der Waals surface area contributed by atoms with Crippen molar-refractivity contribution in [3.05, 3.63) is 101 Å². The summed E-state index contributed by atoms with van der Waals surface area (Å²) in [5.74, 6) is -0.896. The molecule has 0 aliphatic heterocycles. The van der Waals surface area contributed by atoms with Crippen molar-refractivity contribution in [1.82, 2.24) is 9.55 Å².